The summed E-state index contributed by atoms with van der Waals surface area (Å²) >= 11 is 0. The van der Waals surface area contributed by atoms with Crippen LogP contribution in [0.2, 0.25) is 0 Å². The molecule has 0 rings (SSSR count). The van der Waals surface area contributed by atoms with Crippen LogP contribution in [0.3, 0.4) is 0 Å². The molecule has 3 heteroatoms. The van der Waals surface area contributed by atoms with Crippen LogP contribution in [0.15, 0.2) is 0 Å². The first kappa shape index (κ1) is 2.33. The van der Waals surface area contributed by atoms with E-state index in [2.05, 4.69) is 8.85 Å². The van der Waals surface area contributed by atoms with Gasteiger partial charge in [0.05, 0.1) is 2.47 Å². The fraction of sp³-hybridized carbons (Fsp3) is 1.00. The van der Waals surface area contributed by atoms with Crippen LogP contribution in [-0.4, -0.2) is 26.6 Å². The summed E-state index contributed by atoms with van der Waals surface area (Å²) in [6, 6.07) is 0. The Bertz CT molecular complexity index is 51.7. The Labute approximate surface area is 36.6 Å². The molecule has 0 aromatic heterocycles. The van der Waals surface area contributed by atoms with Gasteiger partial charge < -0.3 is 8.85 Å². The normalized spacial score (nSPS) is 17.2. The van der Waals surface area contributed by atoms with Crippen molar-refractivity contribution in [3.63, 3.8) is 0 Å². The van der Waals surface area contributed by atoms with Gasteiger partial charge >= 0.3 is 9.87 Å². The lowest BCUT2D eigenvalue weighted by Crippen LogP contribution is -1.93. The van der Waals surface area contributed by atoms with Crippen LogP contribution in [0, 0.1) is 0 Å². The van der Waals surface area contributed by atoms with E-state index in [9.17, 15) is 0 Å². The van der Waals surface area contributed by atoms with Crippen molar-refractivity contribution in [2.45, 2.75) is 0 Å². The smallest absolute Gasteiger partial charge is 0.303 e. The van der Waals surface area contributed by atoms with Crippen molar-refractivity contribution >= 4 is 9.87 Å². The van der Waals surface area contributed by atoms with Gasteiger partial charge in [0.1, 0.15) is 0 Å². The Morgan fingerprint density at radius 3 is 2.00 bits per heavy atom. The van der Waals surface area contributed by atoms with Crippen molar-refractivity contribution in [2.75, 3.05) is 14.2 Å². The third-order valence-corrected chi connectivity index (χ3v) is 0.500. The summed E-state index contributed by atoms with van der Waals surface area (Å²) in [5.74, 6) is 0. The zero-order valence-electron chi connectivity index (χ0n) is 5.32. The molecule has 0 N–H and O–H groups in total. The summed E-state index contributed by atoms with van der Waals surface area (Å²) in [5, 5.41) is 0. The molecule has 0 atom stereocenters. The van der Waals surface area contributed by atoms with Gasteiger partial charge in [0.2, 0.25) is 0 Å². The Hall–Kier alpha value is 0.137. The number of hydrogen-bond acceptors (Lipinski definition) is 2. The molecule has 0 radical (unpaired) electrons. The second-order valence-corrected chi connectivity index (χ2v) is 1.47. The fourth-order valence-electron chi connectivity index (χ4n) is 0.0833. The third-order valence-electron chi connectivity index (χ3n) is 0.167. The average molecular weight is 94.2 g/mol. The van der Waals surface area contributed by atoms with Crippen molar-refractivity contribution in [3.8, 4) is 0 Å². The molecule has 0 saturated heterocycles. The van der Waals surface area contributed by atoms with Gasteiger partial charge in [-0.25, -0.2) is 0 Å². The predicted octanol–water partition coefficient (Wildman–Crippen LogP) is -0.722. The molecule has 0 heterocycles. The fourth-order valence-corrected chi connectivity index (χ4v) is 0.250. The van der Waals surface area contributed by atoms with Crippen molar-refractivity contribution in [1.82, 2.24) is 0 Å². The molecular formula is C2H8O2Si. The second kappa shape index (κ2) is 4.14. The third kappa shape index (κ3) is 4.14. The van der Waals surface area contributed by atoms with Gasteiger partial charge in [-0.1, -0.05) is 0 Å². The van der Waals surface area contributed by atoms with E-state index >= 15 is 0 Å². The molecule has 0 unspecified atom stereocenters. The van der Waals surface area contributed by atoms with Crippen LogP contribution in [0.25, 0.3) is 0 Å². The molecule has 0 fully saturated rings. The van der Waals surface area contributed by atoms with Crippen molar-refractivity contribution in [1.29, 1.82) is 2.47 Å². The molecule has 32 valence electrons. The Kier molecular flexibility index (Phi) is 1.93. The summed E-state index contributed by atoms with van der Waals surface area (Å²) in [4.78, 5) is 0. The predicted molar refractivity (Wildman–Crippen MR) is 22.6 cm³/mol. The van der Waals surface area contributed by atoms with Gasteiger partial charge in [-0.3, -0.25) is 0 Å². The summed E-state index contributed by atoms with van der Waals surface area (Å²) in [7, 11) is -0.549. The van der Waals surface area contributed by atoms with E-state index in [0.29, 0.717) is 0 Å². The first-order valence-corrected chi connectivity index (χ1v) is 2.04. The van der Waals surface area contributed by atoms with Crippen molar-refractivity contribution in [3.05, 3.63) is 0 Å². The average Bonchev–Trinajstić information content (AvgIpc) is 1.68. The van der Waals surface area contributed by atoms with E-state index in [1.165, 1.54) is 14.2 Å². The summed E-state index contributed by atoms with van der Waals surface area (Å²) in [6.45, 7) is 0. The van der Waals surface area contributed by atoms with E-state index in [0.717, 1.165) is 0 Å². The molecule has 2 nitrogen and oxygen atoms in total. The van der Waals surface area contributed by atoms with Crippen LogP contribution in [0.5, 0.6) is 0 Å². The monoisotopic (exact) mass is 94.0 g/mol. The highest BCUT2D eigenvalue weighted by atomic mass is 28.3. The molecule has 0 aromatic carbocycles. The maximum Gasteiger partial charge on any atom is 0.303 e. The highest BCUT2D eigenvalue weighted by molar-refractivity contribution is 6.17. The second-order valence-electron chi connectivity index (χ2n) is 0.492. The highest BCUT2D eigenvalue weighted by Gasteiger charge is 1.67. The number of hydrogen-bond donors (Lipinski definition) is 0. The first-order valence-electron chi connectivity index (χ1n) is 2.22. The molecule has 5 heavy (non-hydrogen) atoms. The number of rotatable bonds is 2. The van der Waals surface area contributed by atoms with Gasteiger partial charge in [-0.15, -0.1) is 0 Å². The minimum Gasteiger partial charge on any atom is -0.402 e. The van der Waals surface area contributed by atoms with Crippen LogP contribution in [-0.2, 0) is 8.85 Å². The topological polar surface area (TPSA) is 18.5 Å². The lowest BCUT2D eigenvalue weighted by atomic mass is 11.8. The standard InChI is InChI=1S/C2H8O2Si/c1-3-5-4-2/h5H2,1-2H3/i5D2. The van der Waals surface area contributed by atoms with Crippen LogP contribution in [0.1, 0.15) is 0 Å². The van der Waals surface area contributed by atoms with Crippen LogP contribution in [0.4, 0.5) is 0 Å². The van der Waals surface area contributed by atoms with Gasteiger partial charge in [0.15, 0.2) is 0 Å². The molecule has 0 bridgehead atoms. The van der Waals surface area contributed by atoms with Crippen molar-refractivity contribution < 1.29 is 8.85 Å². The van der Waals surface area contributed by atoms with E-state index < -0.39 is 9.87 Å². The molecule has 0 aliphatic heterocycles. The van der Waals surface area contributed by atoms with Crippen LogP contribution < -0.4 is 0 Å². The molecular weight excluding hydrogens is 84.1 g/mol. The van der Waals surface area contributed by atoms with Gasteiger partial charge in [-0.2, -0.15) is 0 Å². The summed E-state index contributed by atoms with van der Waals surface area (Å²) in [6.07, 6.45) is 0. The zero-order chi connectivity index (χ0) is 5.91. The van der Waals surface area contributed by atoms with Gasteiger partial charge in [-0.05, 0) is 0 Å². The first-order chi connectivity index (χ1) is 3.12. The van der Waals surface area contributed by atoms with Gasteiger partial charge in [0, 0.05) is 14.2 Å². The van der Waals surface area contributed by atoms with E-state index in [1.54, 1.807) is 0 Å². The maximum absolute atomic E-state index is 6.78. The van der Waals surface area contributed by atoms with Crippen molar-refractivity contribution in [2.24, 2.45) is 0 Å². The molecule has 0 aliphatic carbocycles. The SMILES string of the molecule is [2H][Si]([2H])(OC)OC. The summed E-state index contributed by atoms with van der Waals surface area (Å²) < 4.78 is 22.2. The van der Waals surface area contributed by atoms with Crippen LogP contribution >= 0.6 is 0 Å². The molecule has 0 spiro atoms. The van der Waals surface area contributed by atoms with Gasteiger partial charge in [0.25, 0.3) is 0 Å². The Morgan fingerprint density at radius 1 is 1.60 bits per heavy atom. The molecule has 0 amide bonds. The lowest BCUT2D eigenvalue weighted by Gasteiger charge is -1.86. The largest absolute Gasteiger partial charge is 0.402 e. The van der Waals surface area contributed by atoms with E-state index in [1.807, 2.05) is 0 Å². The maximum atomic E-state index is 6.78. The Balaban J connectivity index is 3.36. The molecule has 0 saturated carbocycles. The minimum absolute atomic E-state index is 1.30. The summed E-state index contributed by atoms with van der Waals surface area (Å²) in [5.41, 5.74) is 0. The van der Waals surface area contributed by atoms with E-state index in [-0.39, 0.29) is 0 Å². The molecule has 0 aromatic rings. The quantitative estimate of drug-likeness (QED) is 0.420. The minimum atomic E-state index is -3.15. The zero-order valence-corrected chi connectivity index (χ0v) is 4.32. The molecule has 0 aliphatic rings. The highest BCUT2D eigenvalue weighted by Crippen LogP contribution is 1.55. The lowest BCUT2D eigenvalue weighted by molar-refractivity contribution is 0.309. The van der Waals surface area contributed by atoms with E-state index in [4.69, 9.17) is 2.47 Å². The Morgan fingerprint density at radius 2 is 2.00 bits per heavy atom.